The van der Waals surface area contributed by atoms with Gasteiger partial charge in [-0.3, -0.25) is 9.79 Å². The molecule has 0 saturated heterocycles. The maximum absolute atomic E-state index is 11.5. The second kappa shape index (κ2) is 7.14. The van der Waals surface area contributed by atoms with Crippen molar-refractivity contribution < 1.29 is 4.79 Å². The molecule has 0 heterocycles. The predicted molar refractivity (Wildman–Crippen MR) is 71.8 cm³/mol. The lowest BCUT2D eigenvalue weighted by Crippen LogP contribution is -2.42. The summed E-state index contributed by atoms with van der Waals surface area (Å²) in [7, 11) is 0. The number of carbonyl (C=O) groups is 1. The molecule has 0 aliphatic carbocycles. The molecule has 0 fully saturated rings. The first-order chi connectivity index (χ1) is 7.70. The third-order valence-corrected chi connectivity index (χ3v) is 1.80. The highest BCUT2D eigenvalue weighted by molar-refractivity contribution is 5.80. The number of amides is 1. The van der Waals surface area contributed by atoms with Gasteiger partial charge in [0.1, 0.15) is 0 Å². The van der Waals surface area contributed by atoms with Crippen molar-refractivity contribution in [2.24, 2.45) is 16.6 Å². The Labute approximate surface area is 104 Å². The summed E-state index contributed by atoms with van der Waals surface area (Å²) in [5.74, 6) is 0.906. The normalized spacial score (nSPS) is 12.7. The second-order valence-corrected chi connectivity index (χ2v) is 5.59. The second-order valence-electron chi connectivity index (χ2n) is 5.59. The zero-order valence-corrected chi connectivity index (χ0v) is 11.6. The Bertz CT molecular complexity index is 266. The fourth-order valence-corrected chi connectivity index (χ4v) is 1.12. The van der Waals surface area contributed by atoms with E-state index >= 15 is 0 Å². The molecule has 0 aromatic heterocycles. The number of nitrogens with two attached hydrogens (primary N) is 1. The lowest BCUT2D eigenvalue weighted by Gasteiger charge is -2.20. The number of nitrogens with zero attached hydrogens (tertiary/aromatic N) is 1. The van der Waals surface area contributed by atoms with Crippen molar-refractivity contribution in [3.8, 4) is 0 Å². The van der Waals surface area contributed by atoms with E-state index in [0.29, 0.717) is 31.4 Å². The van der Waals surface area contributed by atoms with E-state index in [2.05, 4.69) is 29.5 Å². The molecule has 0 spiro atoms. The van der Waals surface area contributed by atoms with Gasteiger partial charge in [0.2, 0.25) is 5.91 Å². The Morgan fingerprint density at radius 3 is 2.41 bits per heavy atom. The number of hydrogen-bond acceptors (Lipinski definition) is 2. The first-order valence-corrected chi connectivity index (χ1v) is 6.05. The van der Waals surface area contributed by atoms with Crippen molar-refractivity contribution in [3.05, 3.63) is 0 Å². The molecule has 100 valence electrons. The summed E-state index contributed by atoms with van der Waals surface area (Å²) in [6.45, 7) is 11.2. The molecule has 0 aliphatic heterocycles. The molecule has 0 bridgehead atoms. The van der Waals surface area contributed by atoms with Crippen LogP contribution in [0.15, 0.2) is 4.99 Å². The van der Waals surface area contributed by atoms with E-state index in [-0.39, 0.29) is 11.4 Å². The van der Waals surface area contributed by atoms with Crippen LogP contribution in [0.1, 0.15) is 41.0 Å². The van der Waals surface area contributed by atoms with Crippen LogP contribution in [0, 0.1) is 5.92 Å². The summed E-state index contributed by atoms with van der Waals surface area (Å²) >= 11 is 0. The van der Waals surface area contributed by atoms with E-state index in [1.807, 2.05) is 20.8 Å². The zero-order valence-electron chi connectivity index (χ0n) is 11.6. The van der Waals surface area contributed by atoms with E-state index in [1.54, 1.807) is 0 Å². The standard InChI is InChI=1S/C12H26N4O/c1-9(2)8-15-11(13)14-7-6-10(17)16-12(3,4)5/h9H,6-8H2,1-5H3,(H,16,17)(H3,13,14,15). The van der Waals surface area contributed by atoms with Crippen molar-refractivity contribution in [3.63, 3.8) is 0 Å². The van der Waals surface area contributed by atoms with Gasteiger partial charge in [-0.1, -0.05) is 13.8 Å². The quantitative estimate of drug-likeness (QED) is 0.494. The van der Waals surface area contributed by atoms with Gasteiger partial charge >= 0.3 is 0 Å². The molecule has 0 aliphatic rings. The molecule has 0 saturated carbocycles. The van der Waals surface area contributed by atoms with Gasteiger partial charge in [0.05, 0.1) is 0 Å². The smallest absolute Gasteiger partial charge is 0.222 e. The lowest BCUT2D eigenvalue weighted by atomic mass is 10.1. The van der Waals surface area contributed by atoms with Crippen LogP contribution >= 0.6 is 0 Å². The highest BCUT2D eigenvalue weighted by Gasteiger charge is 2.12. The molecular weight excluding hydrogens is 216 g/mol. The topological polar surface area (TPSA) is 79.5 Å². The van der Waals surface area contributed by atoms with E-state index in [0.717, 1.165) is 0 Å². The lowest BCUT2D eigenvalue weighted by molar-refractivity contribution is -0.122. The van der Waals surface area contributed by atoms with Crippen molar-refractivity contribution in [1.29, 1.82) is 0 Å². The van der Waals surface area contributed by atoms with Crippen molar-refractivity contribution >= 4 is 11.9 Å². The van der Waals surface area contributed by atoms with Crippen LogP contribution in [0.25, 0.3) is 0 Å². The number of nitrogens with one attached hydrogen (secondary N) is 2. The molecule has 5 heteroatoms. The first-order valence-electron chi connectivity index (χ1n) is 6.05. The Hall–Kier alpha value is -1.26. The Balaban J connectivity index is 3.77. The summed E-state index contributed by atoms with van der Waals surface area (Å²) in [6, 6.07) is 0. The highest BCUT2D eigenvalue weighted by atomic mass is 16.1. The molecule has 0 atom stereocenters. The van der Waals surface area contributed by atoms with Crippen LogP contribution < -0.4 is 16.4 Å². The number of aliphatic imine (C=N–C) groups is 1. The molecule has 0 rings (SSSR count). The van der Waals surface area contributed by atoms with Gasteiger partial charge in [0, 0.05) is 25.0 Å². The minimum atomic E-state index is -0.186. The van der Waals surface area contributed by atoms with Gasteiger partial charge < -0.3 is 16.4 Å². The Kier molecular flexibility index (Phi) is 6.61. The summed E-state index contributed by atoms with van der Waals surface area (Å²) in [6.07, 6.45) is 0.398. The monoisotopic (exact) mass is 242 g/mol. The first kappa shape index (κ1) is 15.7. The van der Waals surface area contributed by atoms with Gasteiger partial charge in [-0.2, -0.15) is 0 Å². The van der Waals surface area contributed by atoms with Crippen LogP contribution in [0.2, 0.25) is 0 Å². The van der Waals surface area contributed by atoms with Gasteiger partial charge in [-0.25, -0.2) is 0 Å². The van der Waals surface area contributed by atoms with Gasteiger partial charge in [0.15, 0.2) is 5.96 Å². The molecule has 0 aromatic carbocycles. The van der Waals surface area contributed by atoms with Crippen LogP contribution in [0.4, 0.5) is 0 Å². The van der Waals surface area contributed by atoms with Crippen molar-refractivity contribution in [1.82, 2.24) is 10.6 Å². The minimum Gasteiger partial charge on any atom is -0.370 e. The van der Waals surface area contributed by atoms with E-state index in [1.165, 1.54) is 0 Å². The average Bonchev–Trinajstić information content (AvgIpc) is 2.11. The molecule has 0 radical (unpaired) electrons. The Morgan fingerprint density at radius 2 is 1.94 bits per heavy atom. The third-order valence-electron chi connectivity index (χ3n) is 1.80. The van der Waals surface area contributed by atoms with Crippen molar-refractivity contribution in [2.45, 2.75) is 46.6 Å². The summed E-state index contributed by atoms with van der Waals surface area (Å²) < 4.78 is 0. The fourth-order valence-electron chi connectivity index (χ4n) is 1.12. The van der Waals surface area contributed by atoms with E-state index < -0.39 is 0 Å². The maximum Gasteiger partial charge on any atom is 0.222 e. The molecule has 0 unspecified atom stereocenters. The van der Waals surface area contributed by atoms with Crippen LogP contribution in [0.5, 0.6) is 0 Å². The summed E-state index contributed by atoms with van der Waals surface area (Å²) in [5, 5.41) is 5.81. The van der Waals surface area contributed by atoms with Crippen LogP contribution in [-0.4, -0.2) is 30.5 Å². The van der Waals surface area contributed by atoms with E-state index in [9.17, 15) is 4.79 Å². The molecule has 0 aromatic rings. The number of carbonyl (C=O) groups excluding carboxylic acids is 1. The Morgan fingerprint density at radius 1 is 1.35 bits per heavy atom. The molecule has 5 nitrogen and oxygen atoms in total. The van der Waals surface area contributed by atoms with E-state index in [4.69, 9.17) is 5.73 Å². The minimum absolute atomic E-state index is 0.0154. The number of guanidine groups is 1. The number of rotatable bonds is 5. The summed E-state index contributed by atoms with van der Waals surface area (Å²) in [5.41, 5.74) is 5.46. The fraction of sp³-hybridized carbons (Fsp3) is 0.833. The van der Waals surface area contributed by atoms with Gasteiger partial charge in [0.25, 0.3) is 0 Å². The van der Waals surface area contributed by atoms with Crippen LogP contribution in [-0.2, 0) is 4.79 Å². The summed E-state index contributed by atoms with van der Waals surface area (Å²) in [4.78, 5) is 15.6. The largest absolute Gasteiger partial charge is 0.370 e. The van der Waals surface area contributed by atoms with Gasteiger partial charge in [-0.05, 0) is 26.7 Å². The zero-order chi connectivity index (χ0) is 13.5. The number of hydrogen-bond donors (Lipinski definition) is 3. The van der Waals surface area contributed by atoms with Gasteiger partial charge in [-0.15, -0.1) is 0 Å². The molecule has 4 N–H and O–H groups in total. The molecular formula is C12H26N4O. The maximum atomic E-state index is 11.5. The SMILES string of the molecule is CC(C)CN=C(N)NCCC(=O)NC(C)(C)C. The average molecular weight is 242 g/mol. The third kappa shape index (κ3) is 11.0. The predicted octanol–water partition coefficient (Wildman–Crippen LogP) is 0.852. The van der Waals surface area contributed by atoms with Crippen LogP contribution in [0.3, 0.4) is 0 Å². The molecule has 1 amide bonds. The highest BCUT2D eigenvalue weighted by Crippen LogP contribution is 1.98. The van der Waals surface area contributed by atoms with Crippen molar-refractivity contribution in [2.75, 3.05) is 13.1 Å². The molecule has 17 heavy (non-hydrogen) atoms.